The predicted octanol–water partition coefficient (Wildman–Crippen LogP) is 0.987. The van der Waals surface area contributed by atoms with Crippen LogP contribution in [-0.4, -0.2) is 28.7 Å². The molecule has 2 unspecified atom stereocenters. The second kappa shape index (κ2) is 4.25. The molecule has 5 nitrogen and oxygen atoms in total. The number of nitrogens with one attached hydrogen (secondary N) is 1. The first-order valence-corrected chi connectivity index (χ1v) is 5.73. The number of carbonyl (C=O) groups is 1. The van der Waals surface area contributed by atoms with Gasteiger partial charge in [-0.05, 0) is 12.3 Å². The molecule has 0 saturated carbocycles. The van der Waals surface area contributed by atoms with Gasteiger partial charge in [-0.15, -0.1) is 0 Å². The van der Waals surface area contributed by atoms with Crippen LogP contribution in [0.1, 0.15) is 38.3 Å². The van der Waals surface area contributed by atoms with Crippen molar-refractivity contribution >= 4 is 11.7 Å². The minimum Gasteiger partial charge on any atom is -0.326 e. The van der Waals surface area contributed by atoms with Gasteiger partial charge in [-0.1, -0.05) is 13.8 Å². The van der Waals surface area contributed by atoms with E-state index in [2.05, 4.69) is 24.0 Å². The maximum Gasteiger partial charge on any atom is 0.229 e. The Balaban J connectivity index is 2.16. The molecule has 88 valence electrons. The molecule has 1 aliphatic heterocycles. The molecule has 1 amide bonds. The third-order valence-electron chi connectivity index (χ3n) is 3.16. The van der Waals surface area contributed by atoms with E-state index in [9.17, 15) is 4.79 Å². The van der Waals surface area contributed by atoms with Crippen molar-refractivity contribution in [3.63, 3.8) is 0 Å². The number of carbonyl (C=O) groups excluding carboxylic acids is 1. The Morgan fingerprint density at radius 3 is 3.06 bits per heavy atom. The number of amides is 1. The maximum atomic E-state index is 11.6. The molecule has 2 atom stereocenters. The summed E-state index contributed by atoms with van der Waals surface area (Å²) in [4.78, 5) is 13.3. The molecular weight excluding hydrogens is 204 g/mol. The van der Waals surface area contributed by atoms with Crippen LogP contribution in [0.3, 0.4) is 0 Å². The number of nitrogens with zero attached hydrogens (tertiary/aromatic N) is 2. The highest BCUT2D eigenvalue weighted by Crippen LogP contribution is 2.23. The van der Waals surface area contributed by atoms with Crippen LogP contribution >= 0.6 is 0 Å². The number of hydrogen-bond acceptors (Lipinski definition) is 3. The molecule has 1 aliphatic rings. The molecule has 0 bridgehead atoms. The largest absolute Gasteiger partial charge is 0.326 e. The number of H-pyrrole nitrogens is 1. The SMILES string of the molecule is CCC(C)c1cc(N2CC(N)CC2=O)n[nH]1. The fourth-order valence-electron chi connectivity index (χ4n) is 1.89. The van der Waals surface area contributed by atoms with Crippen molar-refractivity contribution < 1.29 is 4.79 Å². The van der Waals surface area contributed by atoms with Gasteiger partial charge in [0.1, 0.15) is 0 Å². The zero-order valence-corrected chi connectivity index (χ0v) is 9.73. The molecule has 0 aromatic carbocycles. The van der Waals surface area contributed by atoms with Crippen molar-refractivity contribution in [1.82, 2.24) is 10.2 Å². The first-order chi connectivity index (χ1) is 7.61. The fourth-order valence-corrected chi connectivity index (χ4v) is 1.89. The lowest BCUT2D eigenvalue weighted by Gasteiger charge is -2.11. The van der Waals surface area contributed by atoms with Gasteiger partial charge in [0, 0.05) is 30.8 Å². The lowest BCUT2D eigenvalue weighted by atomic mass is 10.1. The Morgan fingerprint density at radius 1 is 1.75 bits per heavy atom. The number of rotatable bonds is 3. The third kappa shape index (κ3) is 1.95. The zero-order chi connectivity index (χ0) is 11.7. The summed E-state index contributed by atoms with van der Waals surface area (Å²) in [5, 5.41) is 7.16. The van der Waals surface area contributed by atoms with Gasteiger partial charge in [0.15, 0.2) is 5.82 Å². The number of aromatic amines is 1. The number of anilines is 1. The lowest BCUT2D eigenvalue weighted by molar-refractivity contribution is -0.117. The average Bonchev–Trinajstić information content (AvgIpc) is 2.83. The monoisotopic (exact) mass is 222 g/mol. The summed E-state index contributed by atoms with van der Waals surface area (Å²) in [7, 11) is 0. The summed E-state index contributed by atoms with van der Waals surface area (Å²) >= 11 is 0. The van der Waals surface area contributed by atoms with E-state index in [0.29, 0.717) is 24.7 Å². The van der Waals surface area contributed by atoms with Crippen LogP contribution in [-0.2, 0) is 4.79 Å². The molecular formula is C11H18N4O. The molecule has 1 aromatic rings. The summed E-state index contributed by atoms with van der Waals surface area (Å²) in [5.41, 5.74) is 6.82. The summed E-state index contributed by atoms with van der Waals surface area (Å²) in [5.74, 6) is 1.20. The first-order valence-electron chi connectivity index (χ1n) is 5.73. The van der Waals surface area contributed by atoms with Crippen LogP contribution in [0, 0.1) is 0 Å². The van der Waals surface area contributed by atoms with Gasteiger partial charge in [0.2, 0.25) is 5.91 Å². The van der Waals surface area contributed by atoms with Crippen LogP contribution in [0.15, 0.2) is 6.07 Å². The molecule has 2 rings (SSSR count). The van der Waals surface area contributed by atoms with E-state index in [1.165, 1.54) is 0 Å². The quantitative estimate of drug-likeness (QED) is 0.800. The molecule has 0 spiro atoms. The Bertz CT molecular complexity index is 387. The van der Waals surface area contributed by atoms with Crippen LogP contribution in [0.4, 0.5) is 5.82 Å². The van der Waals surface area contributed by atoms with E-state index >= 15 is 0 Å². The second-order valence-corrected chi connectivity index (χ2v) is 4.46. The lowest BCUT2D eigenvalue weighted by Crippen LogP contribution is -2.28. The van der Waals surface area contributed by atoms with Crippen molar-refractivity contribution in [3.05, 3.63) is 11.8 Å². The van der Waals surface area contributed by atoms with Gasteiger partial charge in [0.25, 0.3) is 0 Å². The average molecular weight is 222 g/mol. The van der Waals surface area contributed by atoms with Gasteiger partial charge in [-0.2, -0.15) is 5.10 Å². The number of aromatic nitrogens is 2. The summed E-state index contributed by atoms with van der Waals surface area (Å²) in [6.07, 6.45) is 1.47. The maximum absolute atomic E-state index is 11.6. The number of nitrogens with two attached hydrogens (primary N) is 1. The highest BCUT2D eigenvalue weighted by molar-refractivity contribution is 5.95. The minimum atomic E-state index is -0.0590. The molecule has 1 saturated heterocycles. The van der Waals surface area contributed by atoms with Crippen molar-refractivity contribution in [3.8, 4) is 0 Å². The predicted molar refractivity (Wildman–Crippen MR) is 62.2 cm³/mol. The van der Waals surface area contributed by atoms with Crippen molar-refractivity contribution in [2.45, 2.75) is 38.6 Å². The molecule has 0 aliphatic carbocycles. The Kier molecular flexibility index (Phi) is 2.96. The molecule has 16 heavy (non-hydrogen) atoms. The molecule has 5 heteroatoms. The van der Waals surface area contributed by atoms with Gasteiger partial charge in [-0.3, -0.25) is 14.8 Å². The highest BCUT2D eigenvalue weighted by Gasteiger charge is 2.29. The normalized spacial score (nSPS) is 22.8. The molecule has 3 N–H and O–H groups in total. The summed E-state index contributed by atoms with van der Waals surface area (Å²) in [6.45, 7) is 4.83. The van der Waals surface area contributed by atoms with E-state index < -0.39 is 0 Å². The van der Waals surface area contributed by atoms with Crippen LogP contribution in [0.5, 0.6) is 0 Å². The molecule has 1 fully saturated rings. The smallest absolute Gasteiger partial charge is 0.229 e. The van der Waals surface area contributed by atoms with E-state index in [-0.39, 0.29) is 11.9 Å². The van der Waals surface area contributed by atoms with Gasteiger partial charge < -0.3 is 5.73 Å². The first kappa shape index (κ1) is 11.1. The van der Waals surface area contributed by atoms with Crippen LogP contribution in [0.25, 0.3) is 0 Å². The van der Waals surface area contributed by atoms with Crippen molar-refractivity contribution in [2.75, 3.05) is 11.4 Å². The number of hydrogen-bond donors (Lipinski definition) is 2. The van der Waals surface area contributed by atoms with Crippen LogP contribution in [0.2, 0.25) is 0 Å². The highest BCUT2D eigenvalue weighted by atomic mass is 16.2. The second-order valence-electron chi connectivity index (χ2n) is 4.46. The van der Waals surface area contributed by atoms with E-state index in [1.807, 2.05) is 6.07 Å². The summed E-state index contributed by atoms with van der Waals surface area (Å²) < 4.78 is 0. The van der Waals surface area contributed by atoms with E-state index in [0.717, 1.165) is 12.1 Å². The Hall–Kier alpha value is -1.36. The standard InChI is InChI=1S/C11H18N4O/c1-3-7(2)9-5-10(14-13-9)15-6-8(12)4-11(15)16/h5,7-8H,3-4,6,12H2,1-2H3,(H,13,14). The molecule has 0 radical (unpaired) electrons. The fraction of sp³-hybridized carbons (Fsp3) is 0.636. The zero-order valence-electron chi connectivity index (χ0n) is 9.73. The van der Waals surface area contributed by atoms with E-state index in [1.54, 1.807) is 4.90 Å². The van der Waals surface area contributed by atoms with Gasteiger partial charge in [-0.25, -0.2) is 0 Å². The van der Waals surface area contributed by atoms with Crippen LogP contribution < -0.4 is 10.6 Å². The van der Waals surface area contributed by atoms with Crippen molar-refractivity contribution in [1.29, 1.82) is 0 Å². The molecule has 2 heterocycles. The van der Waals surface area contributed by atoms with Gasteiger partial charge in [0.05, 0.1) is 0 Å². The summed E-state index contributed by atoms with van der Waals surface area (Å²) in [6, 6.07) is 1.89. The minimum absolute atomic E-state index is 0.0590. The van der Waals surface area contributed by atoms with Crippen molar-refractivity contribution in [2.24, 2.45) is 5.73 Å². The Labute approximate surface area is 95.0 Å². The van der Waals surface area contributed by atoms with E-state index in [4.69, 9.17) is 5.73 Å². The topological polar surface area (TPSA) is 75.0 Å². The third-order valence-corrected chi connectivity index (χ3v) is 3.16. The Morgan fingerprint density at radius 2 is 2.50 bits per heavy atom. The molecule has 1 aromatic heterocycles. The van der Waals surface area contributed by atoms with Gasteiger partial charge >= 0.3 is 0 Å².